The van der Waals surface area contributed by atoms with Crippen molar-refractivity contribution in [3.05, 3.63) is 35.4 Å². The molecule has 0 saturated carbocycles. The first-order valence-corrected chi connectivity index (χ1v) is 7.31. The van der Waals surface area contributed by atoms with Gasteiger partial charge in [0.25, 0.3) is 0 Å². The third-order valence-corrected chi connectivity index (χ3v) is 4.04. The molecular weight excluding hydrogens is 236 g/mol. The van der Waals surface area contributed by atoms with Crippen LogP contribution in [0.25, 0.3) is 0 Å². The van der Waals surface area contributed by atoms with Gasteiger partial charge in [0.15, 0.2) is 0 Å². The first-order valence-electron chi connectivity index (χ1n) is 7.31. The van der Waals surface area contributed by atoms with Gasteiger partial charge in [-0.15, -0.1) is 0 Å². The van der Waals surface area contributed by atoms with Gasteiger partial charge in [0.1, 0.15) is 0 Å². The number of rotatable bonds is 6. The number of nitrogens with two attached hydrogens (primary N) is 1. The maximum absolute atomic E-state index is 5.69. The van der Waals surface area contributed by atoms with Crippen molar-refractivity contribution >= 4 is 0 Å². The molecule has 2 N–H and O–H groups in total. The topological polar surface area (TPSA) is 38.5 Å². The lowest BCUT2D eigenvalue weighted by Crippen LogP contribution is -2.34. The lowest BCUT2D eigenvalue weighted by Gasteiger charge is -2.32. The highest BCUT2D eigenvalue weighted by Crippen LogP contribution is 2.20. The molecule has 0 aromatic heterocycles. The second-order valence-corrected chi connectivity index (χ2v) is 5.48. The van der Waals surface area contributed by atoms with Gasteiger partial charge in [0.05, 0.1) is 0 Å². The van der Waals surface area contributed by atoms with E-state index in [9.17, 15) is 0 Å². The summed E-state index contributed by atoms with van der Waals surface area (Å²) in [7, 11) is 1.80. The molecule has 1 aromatic rings. The minimum Gasteiger partial charge on any atom is -0.384 e. The Morgan fingerprint density at radius 2 is 1.89 bits per heavy atom. The normalized spacial score (nSPS) is 17.8. The van der Waals surface area contributed by atoms with E-state index in [4.69, 9.17) is 10.5 Å². The highest BCUT2D eigenvalue weighted by molar-refractivity contribution is 5.27. The zero-order valence-corrected chi connectivity index (χ0v) is 12.0. The third kappa shape index (κ3) is 4.30. The van der Waals surface area contributed by atoms with Crippen LogP contribution in [-0.4, -0.2) is 38.3 Å². The monoisotopic (exact) mass is 262 g/mol. The minimum atomic E-state index is 0.729. The van der Waals surface area contributed by atoms with Gasteiger partial charge in [-0.2, -0.15) is 0 Å². The second-order valence-electron chi connectivity index (χ2n) is 5.48. The zero-order chi connectivity index (χ0) is 13.5. The molecule has 19 heavy (non-hydrogen) atoms. The average Bonchev–Trinajstić information content (AvgIpc) is 2.44. The number of methoxy groups -OCH3 is 1. The van der Waals surface area contributed by atoms with Gasteiger partial charge in [-0.3, -0.25) is 4.90 Å². The quantitative estimate of drug-likeness (QED) is 0.852. The van der Waals surface area contributed by atoms with Gasteiger partial charge in [-0.25, -0.2) is 0 Å². The molecule has 0 radical (unpaired) electrons. The van der Waals surface area contributed by atoms with E-state index in [-0.39, 0.29) is 0 Å². The fourth-order valence-electron chi connectivity index (χ4n) is 2.90. The van der Waals surface area contributed by atoms with Gasteiger partial charge in [0.2, 0.25) is 0 Å². The average molecular weight is 262 g/mol. The van der Waals surface area contributed by atoms with Crippen molar-refractivity contribution < 1.29 is 4.74 Å². The Kier molecular flexibility index (Phi) is 5.83. The lowest BCUT2D eigenvalue weighted by atomic mass is 9.96. The van der Waals surface area contributed by atoms with Gasteiger partial charge in [0, 0.05) is 20.3 Å². The van der Waals surface area contributed by atoms with Crippen molar-refractivity contribution in [2.75, 3.05) is 33.4 Å². The molecule has 3 nitrogen and oxygen atoms in total. The smallest absolute Gasteiger partial charge is 0.0491 e. The van der Waals surface area contributed by atoms with E-state index in [2.05, 4.69) is 29.2 Å². The molecular formula is C16H26N2O. The zero-order valence-electron chi connectivity index (χ0n) is 12.0. The first kappa shape index (κ1) is 14.5. The Hall–Kier alpha value is -0.900. The highest BCUT2D eigenvalue weighted by Gasteiger charge is 2.19. The Morgan fingerprint density at radius 1 is 1.21 bits per heavy atom. The van der Waals surface area contributed by atoms with Crippen molar-refractivity contribution in [2.45, 2.75) is 25.8 Å². The third-order valence-electron chi connectivity index (χ3n) is 4.04. The van der Waals surface area contributed by atoms with E-state index >= 15 is 0 Å². The Balaban J connectivity index is 1.88. The molecule has 106 valence electrons. The SMILES string of the molecule is COCC1CCN(Cc2ccccc2CCN)CC1. The molecule has 3 heteroatoms. The first-order chi connectivity index (χ1) is 9.33. The maximum Gasteiger partial charge on any atom is 0.0491 e. The van der Waals surface area contributed by atoms with Crippen LogP contribution in [-0.2, 0) is 17.7 Å². The number of hydrogen-bond donors (Lipinski definition) is 1. The molecule has 1 aliphatic rings. The van der Waals surface area contributed by atoms with Crippen molar-refractivity contribution in [3.8, 4) is 0 Å². The standard InChI is InChI=1S/C16H26N2O/c1-19-13-14-7-10-18(11-8-14)12-16-5-3-2-4-15(16)6-9-17/h2-5,14H,6-13,17H2,1H3. The van der Waals surface area contributed by atoms with Crippen LogP contribution < -0.4 is 5.73 Å². The molecule has 2 rings (SSSR count). The molecule has 0 atom stereocenters. The van der Waals surface area contributed by atoms with Crippen LogP contribution >= 0.6 is 0 Å². The summed E-state index contributed by atoms with van der Waals surface area (Å²) >= 11 is 0. The molecule has 0 amide bonds. The molecule has 1 aromatic carbocycles. The lowest BCUT2D eigenvalue weighted by molar-refractivity contribution is 0.0967. The van der Waals surface area contributed by atoms with E-state index in [0.29, 0.717) is 0 Å². The molecule has 1 saturated heterocycles. The molecule has 1 heterocycles. The molecule has 1 fully saturated rings. The van der Waals surface area contributed by atoms with Crippen molar-refractivity contribution in [3.63, 3.8) is 0 Å². The summed E-state index contributed by atoms with van der Waals surface area (Å²) in [6.45, 7) is 5.08. The van der Waals surface area contributed by atoms with Crippen molar-refractivity contribution in [1.82, 2.24) is 4.90 Å². The van der Waals surface area contributed by atoms with E-state index in [1.807, 2.05) is 0 Å². The van der Waals surface area contributed by atoms with Crippen LogP contribution in [0.4, 0.5) is 0 Å². The number of likely N-dealkylation sites (tertiary alicyclic amines) is 1. The highest BCUT2D eigenvalue weighted by atomic mass is 16.5. The number of piperidine rings is 1. The summed E-state index contributed by atoms with van der Waals surface area (Å²) in [5.74, 6) is 0.750. The molecule has 0 bridgehead atoms. The molecule has 0 spiro atoms. The predicted molar refractivity (Wildman–Crippen MR) is 79.1 cm³/mol. The number of nitrogens with zero attached hydrogens (tertiary/aromatic N) is 1. The summed E-state index contributed by atoms with van der Waals surface area (Å²) in [5, 5.41) is 0. The van der Waals surface area contributed by atoms with E-state index in [1.54, 1.807) is 7.11 Å². The summed E-state index contributed by atoms with van der Waals surface area (Å²) < 4.78 is 5.25. The Labute approximate surface area is 116 Å². The fraction of sp³-hybridized carbons (Fsp3) is 0.625. The number of benzene rings is 1. The molecule has 0 aliphatic carbocycles. The van der Waals surface area contributed by atoms with E-state index in [1.165, 1.54) is 37.1 Å². The summed E-state index contributed by atoms with van der Waals surface area (Å²) in [6, 6.07) is 8.69. The van der Waals surface area contributed by atoms with E-state index < -0.39 is 0 Å². The maximum atomic E-state index is 5.69. The largest absolute Gasteiger partial charge is 0.384 e. The molecule has 0 unspecified atom stereocenters. The van der Waals surface area contributed by atoms with Crippen LogP contribution in [0.15, 0.2) is 24.3 Å². The van der Waals surface area contributed by atoms with Crippen molar-refractivity contribution in [2.24, 2.45) is 11.7 Å². The van der Waals surface area contributed by atoms with Crippen LogP contribution in [0.2, 0.25) is 0 Å². The van der Waals surface area contributed by atoms with Gasteiger partial charge in [-0.05, 0) is 55.9 Å². The summed E-state index contributed by atoms with van der Waals surface area (Å²) in [5.41, 5.74) is 8.54. The minimum absolute atomic E-state index is 0.729. The summed E-state index contributed by atoms with van der Waals surface area (Å²) in [4.78, 5) is 2.56. The van der Waals surface area contributed by atoms with Crippen molar-refractivity contribution in [1.29, 1.82) is 0 Å². The second kappa shape index (κ2) is 7.63. The Morgan fingerprint density at radius 3 is 2.53 bits per heavy atom. The van der Waals surface area contributed by atoms with Gasteiger partial charge in [-0.1, -0.05) is 24.3 Å². The van der Waals surface area contributed by atoms with Gasteiger partial charge < -0.3 is 10.5 Å². The molecule has 1 aliphatic heterocycles. The number of hydrogen-bond acceptors (Lipinski definition) is 3. The van der Waals surface area contributed by atoms with Crippen LogP contribution in [0.1, 0.15) is 24.0 Å². The summed E-state index contributed by atoms with van der Waals surface area (Å²) in [6.07, 6.45) is 3.50. The Bertz CT molecular complexity index is 373. The fourth-order valence-corrected chi connectivity index (χ4v) is 2.90. The van der Waals surface area contributed by atoms with Crippen LogP contribution in [0.5, 0.6) is 0 Å². The van der Waals surface area contributed by atoms with Crippen LogP contribution in [0.3, 0.4) is 0 Å². The van der Waals surface area contributed by atoms with Crippen LogP contribution in [0, 0.1) is 5.92 Å². The number of ether oxygens (including phenoxy) is 1. The van der Waals surface area contributed by atoms with E-state index in [0.717, 1.165) is 32.0 Å². The van der Waals surface area contributed by atoms with Gasteiger partial charge >= 0.3 is 0 Å². The predicted octanol–water partition coefficient (Wildman–Crippen LogP) is 2.05.